The Hall–Kier alpha value is -5.18. The van der Waals surface area contributed by atoms with E-state index < -0.39 is 12.0 Å². The molecular weight excluding hydrogens is 558 g/mol. The van der Waals surface area contributed by atoms with Crippen LogP contribution in [0.2, 0.25) is 0 Å². The highest BCUT2D eigenvalue weighted by Crippen LogP contribution is 2.39. The number of hydrogen-bond donors (Lipinski definition) is 1. The van der Waals surface area contributed by atoms with Crippen molar-refractivity contribution in [1.29, 1.82) is 0 Å². The van der Waals surface area contributed by atoms with Crippen molar-refractivity contribution >= 4 is 17.8 Å². The number of carbonyl (C=O) groups excluding carboxylic acids is 3. The normalized spacial score (nSPS) is 16.6. The molecule has 5 aliphatic rings. The Morgan fingerprint density at radius 2 is 1.73 bits per heavy atom. The summed E-state index contributed by atoms with van der Waals surface area (Å²) < 4.78 is 17.1. The van der Waals surface area contributed by atoms with Crippen molar-refractivity contribution in [2.45, 2.75) is 31.7 Å². The molecule has 9 rings (SSSR count). The fourth-order valence-electron chi connectivity index (χ4n) is 5.67. The standard InChI is InChI=1S/C35H33N3O6/c1-42-35(41)27-18-26(21-36-22-27)34(40)38-16-14-24-19-30-11-12-31(24)33(38)25-4-2-5-29(20-25)43-17-3-15-37-32(39)13-8-23-6-9-28(44-30)10-7-23/h2,4-7,9-12,18-22,33H,3,8,13-17H2,1H3,(H,37,39). The van der Waals surface area contributed by atoms with Crippen molar-refractivity contribution in [2.75, 3.05) is 26.8 Å². The second-order valence-corrected chi connectivity index (χ2v) is 10.8. The third-order valence-electron chi connectivity index (χ3n) is 7.90. The number of esters is 1. The molecule has 6 heterocycles. The Balaban J connectivity index is 1.38. The number of aryl methyl sites for hydroxylation is 1. The molecule has 0 saturated heterocycles. The summed E-state index contributed by atoms with van der Waals surface area (Å²) in [6.07, 6.45) is 5.19. The molecule has 0 aliphatic carbocycles. The molecule has 9 heteroatoms. The number of nitrogens with zero attached hydrogens (tertiary/aromatic N) is 2. The summed E-state index contributed by atoms with van der Waals surface area (Å²) in [6.45, 7) is 1.40. The summed E-state index contributed by atoms with van der Waals surface area (Å²) >= 11 is 0. The number of aromatic nitrogens is 1. The number of nitrogens with one attached hydrogen (secondary N) is 1. The molecule has 5 aliphatic heterocycles. The van der Waals surface area contributed by atoms with Crippen molar-refractivity contribution in [3.8, 4) is 17.2 Å². The molecule has 1 aromatic heterocycles. The zero-order valence-electron chi connectivity index (χ0n) is 24.5. The molecule has 0 spiro atoms. The first-order valence-electron chi connectivity index (χ1n) is 14.7. The zero-order valence-corrected chi connectivity index (χ0v) is 24.5. The maximum atomic E-state index is 14.0. The van der Waals surface area contributed by atoms with E-state index in [9.17, 15) is 14.4 Å². The average molecular weight is 592 g/mol. The van der Waals surface area contributed by atoms with E-state index in [0.29, 0.717) is 68.2 Å². The van der Waals surface area contributed by atoms with Gasteiger partial charge in [-0.25, -0.2) is 4.79 Å². The fourth-order valence-corrected chi connectivity index (χ4v) is 5.67. The van der Waals surface area contributed by atoms with Crippen LogP contribution in [0, 0.1) is 0 Å². The van der Waals surface area contributed by atoms with Gasteiger partial charge < -0.3 is 24.4 Å². The van der Waals surface area contributed by atoms with E-state index in [0.717, 1.165) is 22.3 Å². The third kappa shape index (κ3) is 6.41. The molecular formula is C35H33N3O6. The second-order valence-electron chi connectivity index (χ2n) is 10.8. The van der Waals surface area contributed by atoms with Crippen molar-refractivity contribution in [3.63, 3.8) is 0 Å². The smallest absolute Gasteiger partial charge is 0.339 e. The topological polar surface area (TPSA) is 107 Å². The van der Waals surface area contributed by atoms with Gasteiger partial charge >= 0.3 is 5.97 Å². The molecule has 4 aromatic rings. The maximum Gasteiger partial charge on any atom is 0.339 e. The highest BCUT2D eigenvalue weighted by atomic mass is 16.5. The molecule has 1 unspecified atom stereocenters. The number of ether oxygens (including phenoxy) is 3. The minimum atomic E-state index is -0.555. The van der Waals surface area contributed by atoms with E-state index in [4.69, 9.17) is 14.2 Å². The highest BCUT2D eigenvalue weighted by Gasteiger charge is 2.33. The number of benzene rings is 3. The molecule has 0 saturated carbocycles. The fraction of sp³-hybridized carbons (Fsp3) is 0.257. The molecule has 1 N–H and O–H groups in total. The lowest BCUT2D eigenvalue weighted by molar-refractivity contribution is -0.121. The molecule has 0 fully saturated rings. The van der Waals surface area contributed by atoms with Crippen LogP contribution in [0.15, 0.2) is 85.2 Å². The van der Waals surface area contributed by atoms with Gasteiger partial charge in [0, 0.05) is 31.9 Å². The van der Waals surface area contributed by atoms with Gasteiger partial charge in [-0.3, -0.25) is 14.6 Å². The van der Waals surface area contributed by atoms with Crippen LogP contribution in [0.4, 0.5) is 0 Å². The van der Waals surface area contributed by atoms with Gasteiger partial charge in [0.15, 0.2) is 0 Å². The van der Waals surface area contributed by atoms with Crippen LogP contribution in [-0.2, 0) is 22.4 Å². The number of methoxy groups -OCH3 is 1. The molecule has 3 aromatic carbocycles. The van der Waals surface area contributed by atoms with Gasteiger partial charge in [0.1, 0.15) is 17.2 Å². The lowest BCUT2D eigenvalue weighted by Gasteiger charge is -2.38. The first-order valence-corrected chi connectivity index (χ1v) is 14.7. The summed E-state index contributed by atoms with van der Waals surface area (Å²) in [7, 11) is 1.29. The van der Waals surface area contributed by atoms with Gasteiger partial charge in [-0.15, -0.1) is 0 Å². The Morgan fingerprint density at radius 1 is 0.909 bits per heavy atom. The number of amides is 2. The minimum absolute atomic E-state index is 0.00362. The SMILES string of the molecule is COC(=O)c1cncc(C(=O)N2CCc3cc4ccc3C2c2cccc(c2)OCCCNC(=O)CCc2ccc(cc2)O4)c1. The summed E-state index contributed by atoms with van der Waals surface area (Å²) in [5, 5.41) is 2.96. The molecule has 2 amide bonds. The number of rotatable bonds is 2. The molecule has 44 heavy (non-hydrogen) atoms. The first-order chi connectivity index (χ1) is 21.5. The second kappa shape index (κ2) is 13.0. The van der Waals surface area contributed by atoms with Gasteiger partial charge in [-0.1, -0.05) is 30.3 Å². The Labute approximate surface area is 255 Å². The van der Waals surface area contributed by atoms with Gasteiger partial charge in [-0.2, -0.15) is 0 Å². The van der Waals surface area contributed by atoms with E-state index in [2.05, 4.69) is 10.3 Å². The lowest BCUT2D eigenvalue weighted by Crippen LogP contribution is -2.40. The first kappa shape index (κ1) is 28.9. The van der Waals surface area contributed by atoms with Crippen LogP contribution < -0.4 is 14.8 Å². The van der Waals surface area contributed by atoms with Crippen LogP contribution in [0.5, 0.6) is 17.2 Å². The van der Waals surface area contributed by atoms with Crippen molar-refractivity contribution in [2.24, 2.45) is 0 Å². The summed E-state index contributed by atoms with van der Waals surface area (Å²) in [5.74, 6) is 1.29. The van der Waals surface area contributed by atoms with Crippen LogP contribution in [0.25, 0.3) is 0 Å². The van der Waals surface area contributed by atoms with Crippen LogP contribution in [0.3, 0.4) is 0 Å². The molecule has 224 valence electrons. The van der Waals surface area contributed by atoms with Crippen LogP contribution in [0.1, 0.15) is 61.9 Å². The summed E-state index contributed by atoms with van der Waals surface area (Å²) in [5.41, 5.74) is 4.52. The van der Waals surface area contributed by atoms with Gasteiger partial charge in [0.05, 0.1) is 30.9 Å². The largest absolute Gasteiger partial charge is 0.494 e. The minimum Gasteiger partial charge on any atom is -0.494 e. The Morgan fingerprint density at radius 3 is 2.57 bits per heavy atom. The highest BCUT2D eigenvalue weighted by molar-refractivity contribution is 5.98. The summed E-state index contributed by atoms with van der Waals surface area (Å²) in [6, 6.07) is 22.6. The van der Waals surface area contributed by atoms with Crippen molar-refractivity contribution in [3.05, 3.63) is 119 Å². The predicted octanol–water partition coefficient (Wildman–Crippen LogP) is 5.28. The van der Waals surface area contributed by atoms with Crippen LogP contribution in [-0.4, -0.2) is 54.5 Å². The monoisotopic (exact) mass is 591 g/mol. The molecule has 8 bridgehead atoms. The predicted molar refractivity (Wildman–Crippen MR) is 163 cm³/mol. The number of carbonyl (C=O) groups is 3. The summed E-state index contributed by atoms with van der Waals surface area (Å²) in [4.78, 5) is 44.5. The quantitative estimate of drug-likeness (QED) is 0.316. The van der Waals surface area contributed by atoms with Crippen molar-refractivity contribution < 1.29 is 28.6 Å². The van der Waals surface area contributed by atoms with E-state index >= 15 is 0 Å². The number of hydrogen-bond acceptors (Lipinski definition) is 7. The average Bonchev–Trinajstić information content (AvgIpc) is 3.06. The molecule has 0 radical (unpaired) electrons. The zero-order chi connectivity index (χ0) is 30.5. The van der Waals surface area contributed by atoms with Gasteiger partial charge in [-0.05, 0) is 84.0 Å². The van der Waals surface area contributed by atoms with Gasteiger partial charge in [0.2, 0.25) is 5.91 Å². The van der Waals surface area contributed by atoms with E-state index in [-0.39, 0.29) is 17.4 Å². The van der Waals surface area contributed by atoms with Crippen molar-refractivity contribution in [1.82, 2.24) is 15.2 Å². The van der Waals surface area contributed by atoms with Gasteiger partial charge in [0.25, 0.3) is 5.91 Å². The Bertz CT molecular complexity index is 1690. The van der Waals surface area contributed by atoms with Crippen LogP contribution >= 0.6 is 0 Å². The molecule has 9 nitrogen and oxygen atoms in total. The third-order valence-corrected chi connectivity index (χ3v) is 7.90. The maximum absolute atomic E-state index is 14.0. The molecule has 1 atom stereocenters. The number of pyridine rings is 1. The van der Waals surface area contributed by atoms with E-state index in [1.807, 2.05) is 71.6 Å². The van der Waals surface area contributed by atoms with E-state index in [1.165, 1.54) is 25.6 Å². The van der Waals surface area contributed by atoms with E-state index in [1.54, 1.807) is 0 Å². The lowest BCUT2D eigenvalue weighted by atomic mass is 9.87. The Kier molecular flexibility index (Phi) is 8.54.